The third-order valence-electron chi connectivity index (χ3n) is 4.72. The molecule has 0 bridgehead atoms. The molecule has 3 nitrogen and oxygen atoms in total. The molecule has 1 heterocycles. The maximum absolute atomic E-state index is 12.9. The summed E-state index contributed by atoms with van der Waals surface area (Å²) in [5.74, 6) is 0.207. The van der Waals surface area contributed by atoms with Gasteiger partial charge >= 0.3 is 0 Å². The van der Waals surface area contributed by atoms with Crippen LogP contribution in [-0.2, 0) is 0 Å². The Labute approximate surface area is 151 Å². The number of halogens is 2. The molecular formula is C18H15Br2NO2. The van der Waals surface area contributed by atoms with Crippen molar-refractivity contribution in [1.29, 1.82) is 0 Å². The highest BCUT2D eigenvalue weighted by Crippen LogP contribution is 2.52. The smallest absolute Gasteiger partial charge is 0.258 e. The molecule has 0 saturated carbocycles. The van der Waals surface area contributed by atoms with Gasteiger partial charge in [0.2, 0.25) is 0 Å². The zero-order chi connectivity index (χ0) is 16.1. The molecule has 0 unspecified atom stereocenters. The SMILES string of the molecule is O=C(c1ccccc1)N1C[C@@H]2C[C@@H](O)[C@H](Br)c3c(Br)ccc1c32. The Morgan fingerprint density at radius 3 is 2.61 bits per heavy atom. The van der Waals surface area contributed by atoms with Crippen LogP contribution in [0, 0.1) is 0 Å². The zero-order valence-electron chi connectivity index (χ0n) is 12.2. The highest BCUT2D eigenvalue weighted by atomic mass is 79.9. The molecule has 2 aliphatic rings. The lowest BCUT2D eigenvalue weighted by Gasteiger charge is -2.30. The zero-order valence-corrected chi connectivity index (χ0v) is 15.4. The number of carbonyl (C=O) groups is 1. The van der Waals surface area contributed by atoms with Crippen molar-refractivity contribution in [2.45, 2.75) is 23.3 Å². The van der Waals surface area contributed by atoms with E-state index in [1.165, 1.54) is 5.56 Å². The van der Waals surface area contributed by atoms with Gasteiger partial charge in [0.1, 0.15) is 0 Å². The Kier molecular flexibility index (Phi) is 3.82. The van der Waals surface area contributed by atoms with Crippen molar-refractivity contribution in [3.8, 4) is 0 Å². The van der Waals surface area contributed by atoms with Gasteiger partial charge < -0.3 is 10.0 Å². The summed E-state index contributed by atoms with van der Waals surface area (Å²) >= 11 is 7.21. The molecule has 3 atom stereocenters. The van der Waals surface area contributed by atoms with Gasteiger partial charge in [0.15, 0.2) is 0 Å². The fraction of sp³-hybridized carbons (Fsp3) is 0.278. The fourth-order valence-corrected chi connectivity index (χ4v) is 5.29. The van der Waals surface area contributed by atoms with Gasteiger partial charge in [-0.05, 0) is 41.8 Å². The monoisotopic (exact) mass is 435 g/mol. The van der Waals surface area contributed by atoms with E-state index in [-0.39, 0.29) is 16.7 Å². The van der Waals surface area contributed by atoms with Gasteiger partial charge in [-0.25, -0.2) is 0 Å². The van der Waals surface area contributed by atoms with E-state index in [0.717, 1.165) is 15.7 Å². The number of rotatable bonds is 1. The van der Waals surface area contributed by atoms with Gasteiger partial charge in [0.05, 0.1) is 10.9 Å². The maximum atomic E-state index is 12.9. The van der Waals surface area contributed by atoms with Gasteiger partial charge in [-0.2, -0.15) is 0 Å². The first-order valence-electron chi connectivity index (χ1n) is 7.59. The number of alkyl halides is 1. The Hall–Kier alpha value is -1.17. The molecule has 0 spiro atoms. The second kappa shape index (κ2) is 5.72. The Morgan fingerprint density at radius 1 is 1.13 bits per heavy atom. The van der Waals surface area contributed by atoms with Gasteiger partial charge in [-0.1, -0.05) is 50.1 Å². The van der Waals surface area contributed by atoms with E-state index in [1.807, 2.05) is 47.4 Å². The summed E-state index contributed by atoms with van der Waals surface area (Å²) in [6.07, 6.45) is 0.233. The number of amides is 1. The normalized spacial score (nSPS) is 25.3. The molecule has 0 radical (unpaired) electrons. The number of aliphatic hydroxyl groups excluding tert-OH is 1. The number of anilines is 1. The fourth-order valence-electron chi connectivity index (χ4n) is 3.68. The summed E-state index contributed by atoms with van der Waals surface area (Å²) in [5.41, 5.74) is 3.93. The van der Waals surface area contributed by atoms with Crippen LogP contribution in [0.3, 0.4) is 0 Å². The van der Waals surface area contributed by atoms with Crippen LogP contribution in [0.5, 0.6) is 0 Å². The molecule has 0 aromatic heterocycles. The number of hydrogen-bond donors (Lipinski definition) is 1. The number of carbonyl (C=O) groups excluding carboxylic acids is 1. The molecule has 4 rings (SSSR count). The van der Waals surface area contributed by atoms with Crippen LogP contribution in [0.15, 0.2) is 46.9 Å². The second-order valence-electron chi connectivity index (χ2n) is 6.08. The molecule has 2 aromatic rings. The first-order chi connectivity index (χ1) is 11.1. The van der Waals surface area contributed by atoms with Crippen LogP contribution in [0.4, 0.5) is 5.69 Å². The molecule has 0 saturated heterocycles. The maximum Gasteiger partial charge on any atom is 0.258 e. The number of aliphatic hydroxyl groups is 1. The summed E-state index contributed by atoms with van der Waals surface area (Å²) in [7, 11) is 0. The average molecular weight is 437 g/mol. The van der Waals surface area contributed by atoms with Crippen molar-refractivity contribution in [3.05, 3.63) is 63.6 Å². The van der Waals surface area contributed by atoms with E-state index in [2.05, 4.69) is 31.9 Å². The third-order valence-corrected chi connectivity index (χ3v) is 6.48. The molecule has 1 aliphatic heterocycles. The molecule has 5 heteroatoms. The number of hydrogen-bond acceptors (Lipinski definition) is 2. The molecule has 2 aromatic carbocycles. The summed E-state index contributed by atoms with van der Waals surface area (Å²) in [6.45, 7) is 0.628. The molecule has 1 N–H and O–H groups in total. The number of benzene rings is 2. The summed E-state index contributed by atoms with van der Waals surface area (Å²) in [5, 5.41) is 10.3. The largest absolute Gasteiger partial charge is 0.392 e. The highest BCUT2D eigenvalue weighted by Gasteiger charge is 2.42. The van der Waals surface area contributed by atoms with Crippen LogP contribution in [0.2, 0.25) is 0 Å². The molecule has 118 valence electrons. The van der Waals surface area contributed by atoms with E-state index in [4.69, 9.17) is 0 Å². The predicted octanol–water partition coefficient (Wildman–Crippen LogP) is 4.39. The van der Waals surface area contributed by atoms with Crippen LogP contribution in [-0.4, -0.2) is 23.7 Å². The molecule has 1 aliphatic carbocycles. The van der Waals surface area contributed by atoms with E-state index < -0.39 is 6.10 Å². The quantitative estimate of drug-likeness (QED) is 0.673. The first-order valence-corrected chi connectivity index (χ1v) is 9.30. The summed E-state index contributed by atoms with van der Waals surface area (Å²) < 4.78 is 0.982. The van der Waals surface area contributed by atoms with Gasteiger partial charge in [0.25, 0.3) is 5.91 Å². The first kappa shape index (κ1) is 15.4. The van der Waals surface area contributed by atoms with E-state index in [0.29, 0.717) is 18.5 Å². The second-order valence-corrected chi connectivity index (χ2v) is 7.92. The van der Waals surface area contributed by atoms with E-state index >= 15 is 0 Å². The van der Waals surface area contributed by atoms with E-state index in [1.54, 1.807) is 0 Å². The minimum atomic E-state index is -0.439. The van der Waals surface area contributed by atoms with Crippen LogP contribution in [0.25, 0.3) is 0 Å². The van der Waals surface area contributed by atoms with Crippen molar-refractivity contribution in [2.24, 2.45) is 0 Å². The molecule has 1 amide bonds. The van der Waals surface area contributed by atoms with E-state index in [9.17, 15) is 9.90 Å². The van der Waals surface area contributed by atoms with Crippen LogP contribution in [0.1, 0.15) is 38.7 Å². The van der Waals surface area contributed by atoms with Crippen LogP contribution < -0.4 is 4.90 Å². The van der Waals surface area contributed by atoms with Crippen molar-refractivity contribution >= 4 is 43.5 Å². The van der Waals surface area contributed by atoms with Crippen molar-refractivity contribution < 1.29 is 9.90 Å². The summed E-state index contributed by atoms with van der Waals surface area (Å²) in [6, 6.07) is 13.3. The van der Waals surface area contributed by atoms with Gasteiger partial charge in [0, 0.05) is 28.2 Å². The minimum absolute atomic E-state index is 0.0186. The predicted molar refractivity (Wildman–Crippen MR) is 97.3 cm³/mol. The third kappa shape index (κ3) is 2.37. The van der Waals surface area contributed by atoms with Crippen LogP contribution >= 0.6 is 31.9 Å². The minimum Gasteiger partial charge on any atom is -0.392 e. The topological polar surface area (TPSA) is 40.5 Å². The standard InChI is InChI=1S/C18H15Br2NO2/c19-12-6-7-13-15-11(8-14(22)17(20)16(12)15)9-21(13)18(23)10-4-2-1-3-5-10/h1-7,11,14,17,22H,8-9H2/t11-,14+,17-/m0/s1. The van der Waals surface area contributed by atoms with Crippen molar-refractivity contribution in [1.82, 2.24) is 0 Å². The molecule has 23 heavy (non-hydrogen) atoms. The highest BCUT2D eigenvalue weighted by molar-refractivity contribution is 9.11. The van der Waals surface area contributed by atoms with Gasteiger partial charge in [-0.3, -0.25) is 4.79 Å². The Bertz CT molecular complexity index is 778. The number of nitrogens with zero attached hydrogens (tertiary/aromatic N) is 1. The summed E-state index contributed by atoms with van der Waals surface area (Å²) in [4.78, 5) is 14.6. The lowest BCUT2D eigenvalue weighted by Crippen LogP contribution is -2.31. The Balaban J connectivity index is 1.81. The lowest BCUT2D eigenvalue weighted by molar-refractivity contribution is 0.0984. The van der Waals surface area contributed by atoms with Crippen molar-refractivity contribution in [3.63, 3.8) is 0 Å². The lowest BCUT2D eigenvalue weighted by atomic mass is 9.82. The molecule has 0 fully saturated rings. The average Bonchev–Trinajstić information content (AvgIpc) is 2.92. The Morgan fingerprint density at radius 2 is 1.87 bits per heavy atom. The molecular weight excluding hydrogens is 422 g/mol. The van der Waals surface area contributed by atoms with Gasteiger partial charge in [-0.15, -0.1) is 0 Å². The van der Waals surface area contributed by atoms with Crippen molar-refractivity contribution in [2.75, 3.05) is 11.4 Å².